The summed E-state index contributed by atoms with van der Waals surface area (Å²) >= 11 is 0. The molecule has 5 rings (SSSR count). The Morgan fingerprint density at radius 2 is 1.18 bits per heavy atom. The summed E-state index contributed by atoms with van der Waals surface area (Å²) in [7, 11) is 0. The molecule has 0 aliphatic carbocycles. The van der Waals surface area contributed by atoms with E-state index in [-0.39, 0.29) is 11.4 Å². The van der Waals surface area contributed by atoms with Gasteiger partial charge in [0, 0.05) is 16.5 Å². The fraction of sp³-hybridized carbons (Fsp3) is 0.226. The van der Waals surface area contributed by atoms with Crippen molar-refractivity contribution in [1.29, 1.82) is 0 Å². The monoisotopic (exact) mass is 600 g/mol. The van der Waals surface area contributed by atoms with Crippen molar-refractivity contribution in [3.8, 4) is 0 Å². The van der Waals surface area contributed by atoms with Gasteiger partial charge in [-0.15, -0.1) is 0 Å². The predicted molar refractivity (Wildman–Crippen MR) is 157 cm³/mol. The van der Waals surface area contributed by atoms with Crippen molar-refractivity contribution in [2.24, 2.45) is 4.99 Å². The van der Waals surface area contributed by atoms with Crippen molar-refractivity contribution < 1.29 is 39.6 Å². The number of anilines is 1. The average molecular weight is 601 g/mol. The van der Waals surface area contributed by atoms with Crippen LogP contribution in [0.15, 0.2) is 43.6 Å². The van der Waals surface area contributed by atoms with E-state index in [9.17, 15) is 54.0 Å². The van der Waals surface area contributed by atoms with Crippen molar-refractivity contribution in [3.05, 3.63) is 98.8 Å². The number of rotatable bonds is 6. The number of carbonyl (C=O) groups is 4. The Bertz CT molecular complexity index is 2180. The first-order valence-electron chi connectivity index (χ1n) is 13.1. The molecule has 0 bridgehead atoms. The molecule has 2 heterocycles. The van der Waals surface area contributed by atoms with Gasteiger partial charge in [0.15, 0.2) is 0 Å². The van der Waals surface area contributed by atoms with E-state index in [1.165, 1.54) is 24.3 Å². The van der Waals surface area contributed by atoms with E-state index in [0.717, 1.165) is 12.1 Å². The van der Waals surface area contributed by atoms with Gasteiger partial charge in [-0.3, -0.25) is 19.4 Å². The van der Waals surface area contributed by atoms with Crippen LogP contribution >= 0.6 is 0 Å². The van der Waals surface area contributed by atoms with E-state index in [1.807, 2.05) is 0 Å². The molecule has 13 nitrogen and oxygen atoms in total. The van der Waals surface area contributed by atoms with Crippen LogP contribution in [-0.2, 0) is 10.8 Å². The maximum atomic E-state index is 13.5. The maximum absolute atomic E-state index is 13.5. The summed E-state index contributed by atoms with van der Waals surface area (Å²) in [5.74, 6) is -5.83. The Hall–Kier alpha value is -5.72. The van der Waals surface area contributed by atoms with E-state index in [4.69, 9.17) is 0 Å². The van der Waals surface area contributed by atoms with E-state index >= 15 is 0 Å². The summed E-state index contributed by atoms with van der Waals surface area (Å²) in [6.07, 6.45) is 2.41. The molecule has 3 aromatic carbocycles. The van der Waals surface area contributed by atoms with Crippen molar-refractivity contribution >= 4 is 53.1 Å². The summed E-state index contributed by atoms with van der Waals surface area (Å²) in [5, 5.41) is 40.1. The summed E-state index contributed by atoms with van der Waals surface area (Å²) in [5.41, 5.74) is -5.56. The zero-order chi connectivity index (χ0) is 32.6. The number of hydrogen-bond donors (Lipinski definition) is 5. The number of carboxylic acid groups (broad SMARTS) is 4. The highest BCUT2D eigenvalue weighted by molar-refractivity contribution is 6.20. The highest BCUT2D eigenvalue weighted by Crippen LogP contribution is 2.43. The van der Waals surface area contributed by atoms with E-state index < -0.39 is 89.7 Å². The lowest BCUT2D eigenvalue weighted by molar-refractivity contribution is 0.0651. The van der Waals surface area contributed by atoms with Crippen LogP contribution in [0.2, 0.25) is 0 Å². The third kappa shape index (κ3) is 4.32. The van der Waals surface area contributed by atoms with Crippen LogP contribution < -0.4 is 32.0 Å². The largest absolute Gasteiger partial charge is 0.478 e. The molecular weight excluding hydrogens is 576 g/mol. The molecular formula is C31H24N2O11. The van der Waals surface area contributed by atoms with Crippen LogP contribution in [0.4, 0.5) is 11.4 Å². The molecule has 0 fully saturated rings. The lowest BCUT2D eigenvalue weighted by atomic mass is 9.79. The molecule has 0 aromatic heterocycles. The molecule has 5 N–H and O–H groups in total. The fourth-order valence-corrected chi connectivity index (χ4v) is 5.71. The number of carboxylic acids is 4. The summed E-state index contributed by atoms with van der Waals surface area (Å²) in [6.45, 7) is 6.68. The molecule has 0 saturated carbocycles. The van der Waals surface area contributed by atoms with Crippen LogP contribution in [0.5, 0.6) is 0 Å². The van der Waals surface area contributed by atoms with Gasteiger partial charge in [0.25, 0.3) is 0 Å². The van der Waals surface area contributed by atoms with E-state index in [2.05, 4.69) is 10.3 Å². The van der Waals surface area contributed by atoms with Crippen molar-refractivity contribution in [3.63, 3.8) is 0 Å². The smallest absolute Gasteiger partial charge is 0.336 e. The Kier molecular flexibility index (Phi) is 6.53. The molecule has 224 valence electrons. The minimum absolute atomic E-state index is 0.131. The van der Waals surface area contributed by atoms with Crippen LogP contribution in [0.25, 0.3) is 12.2 Å². The Labute approximate surface area is 246 Å². The van der Waals surface area contributed by atoms with E-state index in [1.54, 1.807) is 27.7 Å². The first kappa shape index (κ1) is 29.8. The topological polar surface area (TPSA) is 225 Å². The number of aromatic carboxylic acids is 4. The molecule has 0 spiro atoms. The minimum atomic E-state index is -1.48. The minimum Gasteiger partial charge on any atom is -0.478 e. The van der Waals surface area contributed by atoms with Gasteiger partial charge in [0.05, 0.1) is 50.1 Å². The van der Waals surface area contributed by atoms with Crippen molar-refractivity contribution in [2.45, 2.75) is 44.6 Å². The number of nitrogens with one attached hydrogen (secondary N) is 1. The summed E-state index contributed by atoms with van der Waals surface area (Å²) in [4.78, 5) is 90.7. The third-order valence-electron chi connectivity index (χ3n) is 8.35. The maximum Gasteiger partial charge on any atom is 0.336 e. The van der Waals surface area contributed by atoms with Crippen LogP contribution in [0.1, 0.15) is 80.3 Å². The molecule has 1 atom stereocenters. The van der Waals surface area contributed by atoms with Gasteiger partial charge in [-0.05, 0) is 47.5 Å². The van der Waals surface area contributed by atoms with Crippen LogP contribution in [0.3, 0.4) is 0 Å². The number of hydrogen-bond acceptors (Lipinski definition) is 9. The second-order valence-corrected chi connectivity index (χ2v) is 11.7. The molecule has 1 unspecified atom stereocenters. The summed E-state index contributed by atoms with van der Waals surface area (Å²) in [6, 6.07) is 3.86. The highest BCUT2D eigenvalue weighted by atomic mass is 16.4. The summed E-state index contributed by atoms with van der Waals surface area (Å²) < 4.78 is 0. The van der Waals surface area contributed by atoms with Gasteiger partial charge >= 0.3 is 23.9 Å². The fourth-order valence-electron chi connectivity index (χ4n) is 5.71. The highest BCUT2D eigenvalue weighted by Gasteiger charge is 2.40. The zero-order valence-corrected chi connectivity index (χ0v) is 23.6. The molecule has 13 heteroatoms. The van der Waals surface area contributed by atoms with Crippen molar-refractivity contribution in [1.82, 2.24) is 0 Å². The van der Waals surface area contributed by atoms with Gasteiger partial charge in [0.2, 0.25) is 16.3 Å². The van der Waals surface area contributed by atoms with E-state index in [0.29, 0.717) is 16.8 Å². The van der Waals surface area contributed by atoms with Gasteiger partial charge in [0.1, 0.15) is 0 Å². The number of benzene rings is 2. The van der Waals surface area contributed by atoms with Crippen molar-refractivity contribution in [2.75, 3.05) is 5.32 Å². The molecule has 3 aromatic rings. The molecule has 44 heavy (non-hydrogen) atoms. The SMILES string of the molecule is CC1(C)C(C=c2c(=O)c(=O)c(=CC3Nc4cc(C(=O)O)c(C(=O)O)cc4C3(C)C)c2=O)=Nc2cc(C(=O)O)c(C(=O)O)cc21. The Morgan fingerprint density at radius 1 is 0.705 bits per heavy atom. The quantitative estimate of drug-likeness (QED) is 0.248. The molecule has 2 aliphatic rings. The van der Waals surface area contributed by atoms with Gasteiger partial charge in [-0.25, -0.2) is 19.2 Å². The normalized spacial score (nSPS) is 18.4. The van der Waals surface area contributed by atoms with Gasteiger partial charge in [-0.1, -0.05) is 27.7 Å². The Morgan fingerprint density at radius 3 is 1.73 bits per heavy atom. The lowest BCUT2D eigenvalue weighted by Crippen LogP contribution is -2.41. The molecule has 0 saturated heterocycles. The average Bonchev–Trinajstić information content (AvgIpc) is 3.41. The zero-order valence-electron chi connectivity index (χ0n) is 23.6. The van der Waals surface area contributed by atoms with Crippen LogP contribution in [0, 0.1) is 0 Å². The number of aliphatic imine (C=N–C) groups is 1. The van der Waals surface area contributed by atoms with Gasteiger partial charge in [-0.2, -0.15) is 0 Å². The van der Waals surface area contributed by atoms with Gasteiger partial charge < -0.3 is 25.7 Å². The van der Waals surface area contributed by atoms with Crippen LogP contribution in [-0.4, -0.2) is 56.1 Å². The molecule has 2 aliphatic heterocycles. The third-order valence-corrected chi connectivity index (χ3v) is 8.35. The first-order valence-corrected chi connectivity index (χ1v) is 13.1. The molecule has 0 radical (unpaired) electrons. The Balaban J connectivity index is 1.64. The standard InChI is InChI=1S/C31H24N2O11/c1-30(2)17-5-11(26(37)38)13(28(41)42)7-19(17)32-21(30)9-15-23(34)16(25(36)24(15)35)10-22-31(3,4)18-6-12(27(39)40)14(29(43)44)8-20(18)33-22/h5-10,21,32H,1-4H3,(H,37,38)(H,39,40)(H,41,42)(H,43,44). The molecule has 0 amide bonds. The second-order valence-electron chi connectivity index (χ2n) is 11.7. The second kappa shape index (κ2) is 9.66. The number of fused-ring (bicyclic) bond motifs is 2. The predicted octanol–water partition coefficient (Wildman–Crippen LogP) is 0.832. The first-order chi connectivity index (χ1) is 20.4. The lowest BCUT2D eigenvalue weighted by Gasteiger charge is -2.25. The number of nitrogens with zero attached hydrogens (tertiary/aromatic N) is 1.